The molecule has 1 aliphatic heterocycles. The van der Waals surface area contributed by atoms with Crippen molar-refractivity contribution >= 4 is 22.8 Å². The third-order valence-corrected chi connectivity index (χ3v) is 2.21. The number of halogens is 1. The minimum atomic E-state index is -0.508. The maximum Gasteiger partial charge on any atom is 0.244 e. The van der Waals surface area contributed by atoms with Gasteiger partial charge in [0.1, 0.15) is 0 Å². The molecular formula is C9H13ClN2O2. The summed E-state index contributed by atoms with van der Waals surface area (Å²) >= 11 is 5.12. The van der Waals surface area contributed by atoms with Crippen LogP contribution in [-0.2, 0) is 9.59 Å². The van der Waals surface area contributed by atoms with Gasteiger partial charge in [0.15, 0.2) is 0 Å². The predicted molar refractivity (Wildman–Crippen MR) is 54.1 cm³/mol. The second-order valence-electron chi connectivity index (χ2n) is 3.28. The number of piperazine rings is 1. The largest absolute Gasteiger partial charge is 0.337 e. The fourth-order valence-corrected chi connectivity index (χ4v) is 1.38. The summed E-state index contributed by atoms with van der Waals surface area (Å²) in [6, 6.07) is 0. The first-order valence-corrected chi connectivity index (χ1v) is 4.79. The molecule has 0 atom stereocenters. The van der Waals surface area contributed by atoms with Crippen molar-refractivity contribution in [3.63, 3.8) is 0 Å². The van der Waals surface area contributed by atoms with Gasteiger partial charge < -0.3 is 4.90 Å². The monoisotopic (exact) mass is 216 g/mol. The van der Waals surface area contributed by atoms with Crippen molar-refractivity contribution in [1.29, 1.82) is 0 Å². The van der Waals surface area contributed by atoms with Crippen molar-refractivity contribution < 1.29 is 9.59 Å². The highest BCUT2D eigenvalue weighted by molar-refractivity contribution is 6.66. The second-order valence-corrected chi connectivity index (χ2v) is 3.66. The van der Waals surface area contributed by atoms with Crippen molar-refractivity contribution in [2.24, 2.45) is 0 Å². The minimum Gasteiger partial charge on any atom is -0.337 e. The summed E-state index contributed by atoms with van der Waals surface area (Å²) in [5.74, 6) is 0.0884. The lowest BCUT2D eigenvalue weighted by molar-refractivity contribution is -0.134. The summed E-state index contributed by atoms with van der Waals surface area (Å²) in [5.41, 5.74) is 0. The van der Waals surface area contributed by atoms with Gasteiger partial charge in [-0.15, -0.1) is 0 Å². The Morgan fingerprint density at radius 1 is 1.57 bits per heavy atom. The average molecular weight is 217 g/mol. The highest BCUT2D eigenvalue weighted by Crippen LogP contribution is 2.00. The molecule has 0 N–H and O–H groups in total. The topological polar surface area (TPSA) is 40.6 Å². The number of rotatable bonds is 3. The molecule has 4 nitrogen and oxygen atoms in total. The summed E-state index contributed by atoms with van der Waals surface area (Å²) in [7, 11) is 1.91. The van der Waals surface area contributed by atoms with Crippen molar-refractivity contribution in [3.8, 4) is 0 Å². The van der Waals surface area contributed by atoms with E-state index >= 15 is 0 Å². The maximum absolute atomic E-state index is 11.4. The van der Waals surface area contributed by atoms with E-state index in [0.29, 0.717) is 19.6 Å². The molecular weight excluding hydrogens is 204 g/mol. The van der Waals surface area contributed by atoms with E-state index in [1.165, 1.54) is 6.08 Å². The molecule has 78 valence electrons. The second kappa shape index (κ2) is 5.12. The van der Waals surface area contributed by atoms with Gasteiger partial charge in [-0.2, -0.15) is 0 Å². The summed E-state index contributed by atoms with van der Waals surface area (Å²) in [6.07, 6.45) is 2.88. The van der Waals surface area contributed by atoms with Crippen LogP contribution >= 0.6 is 11.6 Å². The lowest BCUT2D eigenvalue weighted by Crippen LogP contribution is -2.48. The fraction of sp³-hybridized carbons (Fsp3) is 0.556. The molecule has 0 aromatic heterocycles. The van der Waals surface area contributed by atoms with Gasteiger partial charge >= 0.3 is 0 Å². The number of amides is 1. The van der Waals surface area contributed by atoms with Crippen LogP contribution in [0.25, 0.3) is 0 Å². The van der Waals surface area contributed by atoms with Crippen molar-refractivity contribution in [1.82, 2.24) is 9.80 Å². The Labute approximate surface area is 88.1 Å². The van der Waals surface area contributed by atoms with E-state index in [1.54, 1.807) is 11.0 Å². The fourth-order valence-electron chi connectivity index (χ4n) is 1.29. The van der Waals surface area contributed by atoms with Gasteiger partial charge in [0.25, 0.3) is 0 Å². The first-order valence-electron chi connectivity index (χ1n) is 4.42. The average Bonchev–Trinajstić information content (AvgIpc) is 2.08. The molecule has 14 heavy (non-hydrogen) atoms. The molecule has 1 amide bonds. The van der Waals surface area contributed by atoms with E-state index in [9.17, 15) is 9.59 Å². The molecule has 0 aliphatic carbocycles. The standard InChI is InChI=1S/C9H13ClN2O2/c1-11-5-6-12(9(14)7-11)4-2-3-8(10)13/h2-3H,4-7H2,1H3/b3-2+. The first kappa shape index (κ1) is 11.2. The summed E-state index contributed by atoms with van der Waals surface area (Å²) < 4.78 is 0. The van der Waals surface area contributed by atoms with Crippen LogP contribution < -0.4 is 0 Å². The predicted octanol–water partition coefficient (Wildman–Crippen LogP) is 0.0820. The molecule has 1 heterocycles. The quantitative estimate of drug-likeness (QED) is 0.496. The molecule has 0 aromatic rings. The molecule has 5 heteroatoms. The number of allylic oxidation sites excluding steroid dienone is 1. The van der Waals surface area contributed by atoms with E-state index in [4.69, 9.17) is 11.6 Å². The van der Waals surface area contributed by atoms with E-state index in [1.807, 2.05) is 11.9 Å². The lowest BCUT2D eigenvalue weighted by atomic mass is 10.3. The van der Waals surface area contributed by atoms with Crippen molar-refractivity contribution in [3.05, 3.63) is 12.2 Å². The minimum absolute atomic E-state index is 0.0884. The van der Waals surface area contributed by atoms with Gasteiger partial charge in [-0.3, -0.25) is 14.5 Å². The van der Waals surface area contributed by atoms with Crippen molar-refractivity contribution in [2.45, 2.75) is 0 Å². The van der Waals surface area contributed by atoms with Gasteiger partial charge in [-0.05, 0) is 24.7 Å². The van der Waals surface area contributed by atoms with Crippen molar-refractivity contribution in [2.75, 3.05) is 33.2 Å². The highest BCUT2D eigenvalue weighted by atomic mass is 35.5. The van der Waals surface area contributed by atoms with Gasteiger partial charge in [0, 0.05) is 19.6 Å². The Hall–Kier alpha value is -0.870. The van der Waals surface area contributed by atoms with Crippen LogP contribution in [0.5, 0.6) is 0 Å². The van der Waals surface area contributed by atoms with Crippen LogP contribution in [0.1, 0.15) is 0 Å². The summed E-state index contributed by atoms with van der Waals surface area (Å²) in [6.45, 7) is 2.48. The Morgan fingerprint density at radius 3 is 2.86 bits per heavy atom. The molecule has 1 rings (SSSR count). The van der Waals surface area contributed by atoms with E-state index < -0.39 is 5.24 Å². The number of likely N-dealkylation sites (N-methyl/N-ethyl adjacent to an activating group) is 1. The zero-order valence-corrected chi connectivity index (χ0v) is 8.83. The lowest BCUT2D eigenvalue weighted by Gasteiger charge is -2.31. The van der Waals surface area contributed by atoms with Crippen LogP contribution in [0.3, 0.4) is 0 Å². The smallest absolute Gasteiger partial charge is 0.244 e. The molecule has 0 bridgehead atoms. The molecule has 0 saturated carbocycles. The maximum atomic E-state index is 11.4. The first-order chi connectivity index (χ1) is 6.59. The van der Waals surface area contributed by atoms with Crippen LogP contribution in [0.2, 0.25) is 0 Å². The Balaban J connectivity index is 2.38. The molecule has 0 spiro atoms. The van der Waals surface area contributed by atoms with E-state index in [0.717, 1.165) is 6.54 Å². The highest BCUT2D eigenvalue weighted by Gasteiger charge is 2.19. The molecule has 0 aromatic carbocycles. The van der Waals surface area contributed by atoms with Gasteiger partial charge in [-0.25, -0.2) is 0 Å². The van der Waals surface area contributed by atoms with Gasteiger partial charge in [0.2, 0.25) is 11.1 Å². The molecule has 0 unspecified atom stereocenters. The Kier molecular flexibility index (Phi) is 4.10. The normalized spacial score (nSPS) is 19.3. The Morgan fingerprint density at radius 2 is 2.29 bits per heavy atom. The molecule has 1 aliphatic rings. The number of hydrogen-bond donors (Lipinski definition) is 0. The summed E-state index contributed by atoms with van der Waals surface area (Å²) in [4.78, 5) is 25.5. The molecule has 0 radical (unpaired) electrons. The zero-order valence-electron chi connectivity index (χ0n) is 8.07. The van der Waals surface area contributed by atoms with Crippen LogP contribution in [0, 0.1) is 0 Å². The molecule has 1 fully saturated rings. The van der Waals surface area contributed by atoms with E-state index in [-0.39, 0.29) is 5.91 Å². The Bertz CT molecular complexity index is 266. The molecule has 1 saturated heterocycles. The number of hydrogen-bond acceptors (Lipinski definition) is 3. The zero-order chi connectivity index (χ0) is 10.6. The number of carbonyl (C=O) groups excluding carboxylic acids is 2. The van der Waals surface area contributed by atoms with Gasteiger partial charge in [-0.1, -0.05) is 6.08 Å². The summed E-state index contributed by atoms with van der Waals surface area (Å²) in [5, 5.41) is -0.508. The van der Waals surface area contributed by atoms with Gasteiger partial charge in [0.05, 0.1) is 6.54 Å². The number of carbonyl (C=O) groups is 2. The van der Waals surface area contributed by atoms with Crippen LogP contribution in [0.4, 0.5) is 0 Å². The number of nitrogens with zero attached hydrogens (tertiary/aromatic N) is 2. The third kappa shape index (κ3) is 3.47. The van der Waals surface area contributed by atoms with E-state index in [2.05, 4.69) is 0 Å². The van der Waals surface area contributed by atoms with Crippen LogP contribution in [-0.4, -0.2) is 54.2 Å². The SMILES string of the molecule is CN1CCN(C/C=C/C(=O)Cl)C(=O)C1. The third-order valence-electron chi connectivity index (χ3n) is 2.08. The van der Waals surface area contributed by atoms with Crippen LogP contribution in [0.15, 0.2) is 12.2 Å².